The van der Waals surface area contributed by atoms with Crippen molar-refractivity contribution in [1.82, 2.24) is 24.5 Å². The standard InChI is InChI=1S/C13H20O2.C12H18O3.C11H23NO3.C11H25NO3.C11H23NO3.C10H19NO4.C9H21NO2.C6H14O2.C6H14OS/c1-13(2,3)11-7-5-6-8-12(11)15-10-9-14-4;1-10(2)15-12-7-5-4-6-11(12)14-9-8-13-3;1-11(2)12-3-5-13-7-9-15-10-8-14-6-4-12;1-11(2)15-10-7-12(5-8-13-3)6-9-14-4;1-10(2)15-8-6-12(5-7-14-4)9-11(3)13;1-8(2)15-5-4-11(6-9(3)12)7-10(13)14;1-9(2)12-8-6-10(3)5-7-11-4;1-6(2)8-5-4-7-3;1-6(2)7-4-5-8-3/h5-8H,9-10H2,1-4H3;4-7,10H,8-9H2,1-3H3;11H,3-10H2,1-2H3;11H,5-10H2,1-4H3;10,13H,3,5-9H2,1-2,4H3;8,12H,3-7H2,1-2H3,(H,13,14);9H,5-8H2,1-4H3;2*6H,4-5H2,1-3H3. The van der Waals surface area contributed by atoms with Gasteiger partial charge in [-0.05, 0) is 153 Å². The number of ether oxygens (including phenoxy) is 19. The maximum Gasteiger partial charge on any atom is 0.317 e. The predicted molar refractivity (Wildman–Crippen MR) is 484 cm³/mol. The quantitative estimate of drug-likeness (QED) is 0.0410. The molecule has 0 amide bonds. The van der Waals surface area contributed by atoms with E-state index in [1.165, 1.54) is 5.56 Å². The number of nitrogens with zero attached hydrogens (tertiary/aromatic N) is 5. The third kappa shape index (κ3) is 99.0. The van der Waals surface area contributed by atoms with Crippen molar-refractivity contribution in [3.05, 3.63) is 78.8 Å². The lowest BCUT2D eigenvalue weighted by Gasteiger charge is -2.26. The predicted octanol–water partition coefficient (Wildman–Crippen LogP) is 13.4. The molecular formula is C89H177N5O23S. The first kappa shape index (κ1) is 125. The third-order valence-corrected chi connectivity index (χ3v) is 15.8. The molecule has 3 rings (SSSR count). The molecule has 2 aromatic rings. The Labute approximate surface area is 723 Å². The summed E-state index contributed by atoms with van der Waals surface area (Å²) in [5.74, 6) is 2.82. The number of carboxylic acid groups (broad SMARTS) is 1. The van der Waals surface area contributed by atoms with E-state index < -0.39 is 5.97 Å². The molecule has 0 unspecified atom stereocenters. The third-order valence-electron chi connectivity index (χ3n) is 15.2. The second kappa shape index (κ2) is 90.6. The zero-order chi connectivity index (χ0) is 90.6. The number of hydrogen-bond donors (Lipinski definition) is 3. The zero-order valence-corrected chi connectivity index (χ0v) is 80.4. The molecule has 0 saturated carbocycles. The molecule has 0 aromatic heterocycles. The van der Waals surface area contributed by atoms with Gasteiger partial charge in [0.15, 0.2) is 11.5 Å². The lowest BCUT2D eigenvalue weighted by molar-refractivity contribution is -0.138. The molecule has 0 atom stereocenters. The van der Waals surface area contributed by atoms with Gasteiger partial charge in [-0.1, -0.05) is 64.3 Å². The van der Waals surface area contributed by atoms with Crippen molar-refractivity contribution in [2.75, 3.05) is 293 Å². The lowest BCUT2D eigenvalue weighted by atomic mass is 9.86. The van der Waals surface area contributed by atoms with Crippen molar-refractivity contribution in [1.29, 1.82) is 0 Å². The van der Waals surface area contributed by atoms with E-state index in [0.717, 1.165) is 135 Å². The number of rotatable bonds is 53. The van der Waals surface area contributed by atoms with E-state index in [2.05, 4.69) is 123 Å². The summed E-state index contributed by atoms with van der Waals surface area (Å²) in [7, 11) is 13.9. The minimum absolute atomic E-state index is 0.0409. The first-order chi connectivity index (χ1) is 56.0. The van der Waals surface area contributed by atoms with Crippen LogP contribution >= 0.6 is 11.8 Å². The van der Waals surface area contributed by atoms with Crippen molar-refractivity contribution in [2.24, 2.45) is 0 Å². The van der Waals surface area contributed by atoms with Crippen LogP contribution in [0.5, 0.6) is 17.2 Å². The lowest BCUT2D eigenvalue weighted by Crippen LogP contribution is -2.37. The van der Waals surface area contributed by atoms with Crippen molar-refractivity contribution in [3.63, 3.8) is 0 Å². The normalized spacial score (nSPS) is 12.6. The maximum absolute atomic E-state index is 10.5. The zero-order valence-electron chi connectivity index (χ0n) is 79.6. The van der Waals surface area contributed by atoms with Crippen molar-refractivity contribution < 1.29 is 110 Å². The average Bonchev–Trinajstić information content (AvgIpc) is 0.838. The molecule has 702 valence electrons. The summed E-state index contributed by atoms with van der Waals surface area (Å²) < 4.78 is 99.9. The maximum atomic E-state index is 10.5. The molecule has 1 aliphatic heterocycles. The van der Waals surface area contributed by atoms with E-state index in [1.54, 1.807) is 54.7 Å². The monoisotopic (exact) mass is 1720 g/mol. The molecule has 1 heterocycles. The fraction of sp³-hybridized carbons (Fsp3) is 0.809. The minimum Gasteiger partial charge on any atom is -0.512 e. The molecule has 0 bridgehead atoms. The van der Waals surface area contributed by atoms with Crippen molar-refractivity contribution in [2.45, 2.75) is 186 Å². The SMILES string of the molecule is C=C(O)CN(CCOC(C)C)CC(=O)O.C=C(O)CN(CCOC)CCOC(C)C.CC(C)N1CCOCCOCCOCC1.COCCN(C)CCOC(C)C.COCCN(CCOC)CCOC(C)C.COCCOC(C)C.COCCOc1ccccc1C(C)(C)C.COCCOc1ccccc1OC(C)C.CSCCOC(C)C. The van der Waals surface area contributed by atoms with E-state index in [4.69, 9.17) is 105 Å². The van der Waals surface area contributed by atoms with Gasteiger partial charge in [0.25, 0.3) is 0 Å². The fourth-order valence-electron chi connectivity index (χ4n) is 9.11. The fourth-order valence-corrected chi connectivity index (χ4v) is 9.38. The summed E-state index contributed by atoms with van der Waals surface area (Å²) >= 11 is 1.82. The summed E-state index contributed by atoms with van der Waals surface area (Å²) in [5, 5.41) is 26.7. The summed E-state index contributed by atoms with van der Waals surface area (Å²) in [6, 6.07) is 16.4. The number of aliphatic carboxylic acids is 1. The molecule has 2 aromatic carbocycles. The Hall–Kier alpha value is -4.10. The highest BCUT2D eigenvalue weighted by atomic mass is 32.2. The largest absolute Gasteiger partial charge is 0.512 e. The second-order valence-corrected chi connectivity index (χ2v) is 31.1. The number of aliphatic hydroxyl groups is 2. The molecule has 1 saturated heterocycles. The van der Waals surface area contributed by atoms with E-state index >= 15 is 0 Å². The topological polar surface area (TPSA) is 269 Å². The summed E-state index contributed by atoms with van der Waals surface area (Å²) in [5.41, 5.74) is 1.35. The van der Waals surface area contributed by atoms with E-state index in [1.807, 2.05) is 115 Å². The van der Waals surface area contributed by atoms with Crippen LogP contribution in [-0.4, -0.2) is 387 Å². The molecule has 0 aliphatic carbocycles. The number of carboxylic acids is 1. The summed E-state index contributed by atoms with van der Waals surface area (Å²) in [6.07, 6.45) is 3.95. The highest BCUT2D eigenvalue weighted by molar-refractivity contribution is 7.98. The van der Waals surface area contributed by atoms with Gasteiger partial charge >= 0.3 is 5.97 Å². The molecule has 1 fully saturated rings. The Kier molecular flexibility index (Phi) is 95.8. The summed E-state index contributed by atoms with van der Waals surface area (Å²) in [6.45, 7) is 69.7. The van der Waals surface area contributed by atoms with Gasteiger partial charge < -0.3 is 110 Å². The van der Waals surface area contributed by atoms with E-state index in [-0.39, 0.29) is 48.3 Å². The molecule has 29 heteroatoms. The second-order valence-electron chi connectivity index (χ2n) is 30.1. The van der Waals surface area contributed by atoms with Crippen LogP contribution in [0.4, 0.5) is 0 Å². The van der Waals surface area contributed by atoms with Gasteiger partial charge in [0.1, 0.15) is 19.0 Å². The number of benzene rings is 2. The average molecular weight is 1720 g/mol. The van der Waals surface area contributed by atoms with Crippen LogP contribution in [0.2, 0.25) is 0 Å². The van der Waals surface area contributed by atoms with Gasteiger partial charge in [0, 0.05) is 127 Å². The number of thioether (sulfide) groups is 1. The van der Waals surface area contributed by atoms with E-state index in [0.29, 0.717) is 129 Å². The van der Waals surface area contributed by atoms with Crippen LogP contribution in [0.3, 0.4) is 0 Å². The Bertz CT molecular complexity index is 2370. The molecule has 0 spiro atoms. The van der Waals surface area contributed by atoms with Crippen LogP contribution in [0, 0.1) is 0 Å². The molecule has 1 aliphatic rings. The highest BCUT2D eigenvalue weighted by Crippen LogP contribution is 2.31. The molecule has 3 N–H and O–H groups in total. The van der Waals surface area contributed by atoms with E-state index in [9.17, 15) is 4.79 Å². The molecule has 118 heavy (non-hydrogen) atoms. The highest BCUT2D eigenvalue weighted by Gasteiger charge is 2.19. The Morgan fingerprint density at radius 2 is 0.729 bits per heavy atom. The molecule has 28 nitrogen and oxygen atoms in total. The smallest absolute Gasteiger partial charge is 0.317 e. The van der Waals surface area contributed by atoms with Gasteiger partial charge in [-0.3, -0.25) is 24.4 Å². The number of aliphatic hydroxyl groups excluding tert-OH is 2. The van der Waals surface area contributed by atoms with Gasteiger partial charge in [-0.15, -0.1) is 0 Å². The Morgan fingerprint density at radius 3 is 1.12 bits per heavy atom. The van der Waals surface area contributed by atoms with Crippen LogP contribution in [-0.2, 0) is 86.0 Å². The van der Waals surface area contributed by atoms with Crippen LogP contribution in [0.25, 0.3) is 0 Å². The molecule has 0 radical (unpaired) electrons. The van der Waals surface area contributed by atoms with Gasteiger partial charge in [0.05, 0.1) is 199 Å². The minimum atomic E-state index is -0.930. The van der Waals surface area contributed by atoms with Crippen molar-refractivity contribution in [3.8, 4) is 17.2 Å². The van der Waals surface area contributed by atoms with Crippen LogP contribution in [0.1, 0.15) is 137 Å². The Morgan fingerprint density at radius 1 is 0.407 bits per heavy atom. The van der Waals surface area contributed by atoms with Crippen molar-refractivity contribution >= 4 is 17.7 Å². The Balaban J connectivity index is -0.000000301. The number of para-hydroxylation sites is 3. The van der Waals surface area contributed by atoms with Crippen LogP contribution in [0.15, 0.2) is 73.2 Å². The first-order valence-electron chi connectivity index (χ1n) is 42.0. The summed E-state index contributed by atoms with van der Waals surface area (Å²) in [4.78, 5) is 21.0. The first-order valence-corrected chi connectivity index (χ1v) is 43.4. The van der Waals surface area contributed by atoms with Gasteiger partial charge in [-0.25, -0.2) is 0 Å². The van der Waals surface area contributed by atoms with Crippen LogP contribution < -0.4 is 14.2 Å². The number of methoxy groups -OCH3 is 7. The van der Waals surface area contributed by atoms with Gasteiger partial charge in [-0.2, -0.15) is 11.8 Å². The number of likely N-dealkylation sites (N-methyl/N-ethyl adjacent to an activating group) is 1. The number of carbonyl (C=O) groups is 1. The number of hydrogen-bond acceptors (Lipinski definition) is 28. The molecular weight excluding hydrogens is 1540 g/mol. The van der Waals surface area contributed by atoms with Gasteiger partial charge in [0.2, 0.25) is 0 Å².